The highest BCUT2D eigenvalue weighted by Gasteiger charge is 2.28. The highest BCUT2D eigenvalue weighted by Crippen LogP contribution is 2.23. The third-order valence-corrected chi connectivity index (χ3v) is 5.06. The Kier molecular flexibility index (Phi) is 4.58. The van der Waals surface area contributed by atoms with Gasteiger partial charge in [-0.1, -0.05) is 30.3 Å². The maximum atomic E-state index is 12.5. The molecular formula is C21H19N7O3. The van der Waals surface area contributed by atoms with Crippen LogP contribution in [0.4, 0.5) is 10.5 Å². The number of pyridine rings is 1. The minimum atomic E-state index is -0.732. The van der Waals surface area contributed by atoms with Crippen LogP contribution in [0.5, 0.6) is 5.88 Å². The molecule has 3 aromatic heterocycles. The quantitative estimate of drug-likeness (QED) is 0.547. The number of fused-ring (bicyclic) bond motifs is 1. The van der Waals surface area contributed by atoms with E-state index in [1.807, 2.05) is 30.3 Å². The topological polar surface area (TPSA) is 107 Å². The number of hydrogen-bond donors (Lipinski definition) is 1. The van der Waals surface area contributed by atoms with E-state index in [9.17, 15) is 9.59 Å². The molecule has 0 spiro atoms. The zero-order chi connectivity index (χ0) is 21.4. The van der Waals surface area contributed by atoms with Crippen molar-refractivity contribution in [2.45, 2.75) is 6.42 Å². The summed E-state index contributed by atoms with van der Waals surface area (Å²) in [6, 6.07) is 13.1. The average molecular weight is 417 g/mol. The lowest BCUT2D eigenvalue weighted by molar-refractivity contribution is 0.0649. The largest absolute Gasteiger partial charge is 0.418 e. The van der Waals surface area contributed by atoms with E-state index in [4.69, 9.17) is 4.74 Å². The Hall–Kier alpha value is -4.21. The van der Waals surface area contributed by atoms with Crippen molar-refractivity contribution < 1.29 is 14.3 Å². The lowest BCUT2D eigenvalue weighted by Gasteiger charge is -2.30. The fourth-order valence-electron chi connectivity index (χ4n) is 3.28. The molecule has 0 saturated carbocycles. The number of nitrogens with zero attached hydrogens (tertiary/aromatic N) is 6. The summed E-state index contributed by atoms with van der Waals surface area (Å²) in [7, 11) is 1.61. The Balaban J connectivity index is 1.33. The number of rotatable bonds is 4. The predicted octanol–water partition coefficient (Wildman–Crippen LogP) is 2.59. The summed E-state index contributed by atoms with van der Waals surface area (Å²) in [5, 5.41) is 11.2. The molecule has 2 amide bonds. The molecule has 5 rings (SSSR count). The van der Waals surface area contributed by atoms with Crippen LogP contribution in [0.25, 0.3) is 17.0 Å². The maximum Gasteiger partial charge on any atom is 0.418 e. The Morgan fingerprint density at radius 2 is 1.90 bits per heavy atom. The van der Waals surface area contributed by atoms with Gasteiger partial charge in [0.05, 0.1) is 18.1 Å². The van der Waals surface area contributed by atoms with E-state index in [2.05, 4.69) is 20.5 Å². The smallest absolute Gasteiger partial charge is 0.390 e. The second-order valence-electron chi connectivity index (χ2n) is 7.17. The molecule has 0 bridgehead atoms. The van der Waals surface area contributed by atoms with Gasteiger partial charge in [-0.3, -0.25) is 10.1 Å². The van der Waals surface area contributed by atoms with Gasteiger partial charge in [-0.15, -0.1) is 5.10 Å². The molecule has 10 heteroatoms. The first-order chi connectivity index (χ1) is 15.1. The van der Waals surface area contributed by atoms with Crippen LogP contribution in [0, 0.1) is 0 Å². The molecule has 4 aromatic rings. The lowest BCUT2D eigenvalue weighted by atomic mass is 10.2. The van der Waals surface area contributed by atoms with Crippen molar-refractivity contribution in [2.75, 3.05) is 18.4 Å². The molecule has 1 fully saturated rings. The molecule has 0 unspecified atom stereocenters. The zero-order valence-corrected chi connectivity index (χ0v) is 16.7. The first-order valence-corrected chi connectivity index (χ1v) is 9.80. The highest BCUT2D eigenvalue weighted by atomic mass is 16.6. The van der Waals surface area contributed by atoms with Crippen LogP contribution in [0.15, 0.2) is 54.9 Å². The summed E-state index contributed by atoms with van der Waals surface area (Å²) >= 11 is 0. The van der Waals surface area contributed by atoms with E-state index in [0.29, 0.717) is 30.2 Å². The van der Waals surface area contributed by atoms with Crippen molar-refractivity contribution in [2.24, 2.45) is 7.05 Å². The molecule has 1 aromatic carbocycles. The molecule has 10 nitrogen and oxygen atoms in total. The highest BCUT2D eigenvalue weighted by molar-refractivity contribution is 5.98. The maximum absolute atomic E-state index is 12.5. The number of carbonyl (C=O) groups excluding carboxylic acids is 2. The van der Waals surface area contributed by atoms with Crippen molar-refractivity contribution in [3.8, 4) is 17.3 Å². The number of amides is 2. The summed E-state index contributed by atoms with van der Waals surface area (Å²) in [6.07, 6.45) is 3.30. The first-order valence-electron chi connectivity index (χ1n) is 9.80. The van der Waals surface area contributed by atoms with E-state index < -0.39 is 6.09 Å². The Morgan fingerprint density at radius 3 is 2.65 bits per heavy atom. The number of benzene rings is 1. The summed E-state index contributed by atoms with van der Waals surface area (Å²) in [6.45, 7) is 1.39. The van der Waals surface area contributed by atoms with Gasteiger partial charge in [-0.2, -0.15) is 5.10 Å². The van der Waals surface area contributed by atoms with Crippen LogP contribution >= 0.6 is 0 Å². The van der Waals surface area contributed by atoms with Crippen LogP contribution < -0.4 is 10.1 Å². The van der Waals surface area contributed by atoms with Crippen LogP contribution in [0.3, 0.4) is 0 Å². The van der Waals surface area contributed by atoms with Gasteiger partial charge in [0.1, 0.15) is 5.56 Å². The normalized spacial score (nSPS) is 13.1. The van der Waals surface area contributed by atoms with E-state index in [0.717, 1.165) is 12.0 Å². The van der Waals surface area contributed by atoms with Crippen LogP contribution in [-0.2, 0) is 7.05 Å². The second-order valence-corrected chi connectivity index (χ2v) is 7.17. The molecule has 1 aliphatic rings. The standard InChI is InChI=1S/C21H19N7O3/c1-26-20(16(12-22-26)19(29)27-10-5-11-27)31-21(30)23-15-8-9-17-24-18(25-28(17)13-15)14-6-3-2-4-7-14/h2-4,6-9,12-13H,5,10-11H2,1H3,(H,23,30). The van der Waals surface area contributed by atoms with Crippen LogP contribution in [0.1, 0.15) is 16.8 Å². The van der Waals surface area contributed by atoms with Crippen molar-refractivity contribution in [3.05, 3.63) is 60.4 Å². The molecule has 1 saturated heterocycles. The monoisotopic (exact) mass is 417 g/mol. The molecule has 1 aliphatic heterocycles. The predicted molar refractivity (Wildman–Crippen MR) is 112 cm³/mol. The van der Waals surface area contributed by atoms with Gasteiger partial charge >= 0.3 is 6.09 Å². The van der Waals surface area contributed by atoms with Gasteiger partial charge in [0.25, 0.3) is 5.91 Å². The summed E-state index contributed by atoms with van der Waals surface area (Å²) < 4.78 is 8.35. The fraction of sp³-hybridized carbons (Fsp3) is 0.190. The Labute approximate surface area is 177 Å². The zero-order valence-electron chi connectivity index (χ0n) is 16.7. The molecule has 0 atom stereocenters. The number of ether oxygens (including phenoxy) is 1. The van der Waals surface area contributed by atoms with Gasteiger partial charge in [-0.25, -0.2) is 19.0 Å². The van der Waals surface area contributed by atoms with E-state index in [1.165, 1.54) is 10.9 Å². The van der Waals surface area contributed by atoms with E-state index in [1.54, 1.807) is 34.8 Å². The number of likely N-dealkylation sites (tertiary alicyclic amines) is 1. The van der Waals surface area contributed by atoms with Crippen molar-refractivity contribution in [1.82, 2.24) is 29.3 Å². The number of carbonyl (C=O) groups is 2. The molecule has 31 heavy (non-hydrogen) atoms. The van der Waals surface area contributed by atoms with E-state index >= 15 is 0 Å². The van der Waals surface area contributed by atoms with Gasteiger partial charge in [0.2, 0.25) is 5.88 Å². The van der Waals surface area contributed by atoms with Crippen LogP contribution in [-0.4, -0.2) is 54.4 Å². The molecule has 4 heterocycles. The molecule has 1 N–H and O–H groups in total. The number of anilines is 1. The van der Waals surface area contributed by atoms with Gasteiger partial charge in [-0.05, 0) is 18.6 Å². The van der Waals surface area contributed by atoms with Crippen LogP contribution in [0.2, 0.25) is 0 Å². The molecule has 0 radical (unpaired) electrons. The molecule has 0 aliphatic carbocycles. The Morgan fingerprint density at radius 1 is 1.10 bits per heavy atom. The SMILES string of the molecule is Cn1ncc(C(=O)N2CCC2)c1OC(=O)Nc1ccc2nc(-c3ccccc3)nn2c1. The number of aryl methyl sites for hydroxylation is 1. The summed E-state index contributed by atoms with van der Waals surface area (Å²) in [4.78, 5) is 31.2. The lowest BCUT2D eigenvalue weighted by Crippen LogP contribution is -2.42. The number of nitrogens with one attached hydrogen (secondary N) is 1. The van der Waals surface area contributed by atoms with Gasteiger partial charge in [0, 0.05) is 25.7 Å². The number of aromatic nitrogens is 5. The van der Waals surface area contributed by atoms with Crippen molar-refractivity contribution in [1.29, 1.82) is 0 Å². The molecule has 156 valence electrons. The van der Waals surface area contributed by atoms with Gasteiger partial charge < -0.3 is 9.64 Å². The van der Waals surface area contributed by atoms with Gasteiger partial charge in [0.15, 0.2) is 11.5 Å². The van der Waals surface area contributed by atoms with Crippen molar-refractivity contribution >= 4 is 23.3 Å². The minimum Gasteiger partial charge on any atom is -0.390 e. The minimum absolute atomic E-state index is 0.0996. The van der Waals surface area contributed by atoms with Crippen molar-refractivity contribution in [3.63, 3.8) is 0 Å². The molecular weight excluding hydrogens is 398 g/mol. The first kappa shape index (κ1) is 18.8. The fourth-order valence-corrected chi connectivity index (χ4v) is 3.28. The summed E-state index contributed by atoms with van der Waals surface area (Å²) in [5.74, 6) is 0.492. The second kappa shape index (κ2) is 7.56. The third kappa shape index (κ3) is 3.59. The average Bonchev–Trinajstić information content (AvgIpc) is 3.31. The van der Waals surface area contributed by atoms with E-state index in [-0.39, 0.29) is 17.4 Å². The Bertz CT molecular complexity index is 1270. The number of hydrogen-bond acceptors (Lipinski definition) is 6. The third-order valence-electron chi connectivity index (χ3n) is 5.06. The summed E-state index contributed by atoms with van der Waals surface area (Å²) in [5.41, 5.74) is 2.28.